The lowest BCUT2D eigenvalue weighted by Gasteiger charge is -2.08. The molecular formula is C25H26ClN3O3. The molecule has 0 amide bonds. The third-order valence-corrected chi connectivity index (χ3v) is 5.77. The van der Waals surface area contributed by atoms with Crippen LogP contribution < -0.4 is 0 Å². The minimum atomic E-state index is -0.183. The number of carbonyl (C=O) groups excluding carboxylic acids is 1. The van der Waals surface area contributed by atoms with Crippen molar-refractivity contribution in [2.45, 2.75) is 46.6 Å². The summed E-state index contributed by atoms with van der Waals surface area (Å²) in [4.78, 5) is 16.2. The van der Waals surface area contributed by atoms with Gasteiger partial charge in [-0.25, -0.2) is 0 Å². The van der Waals surface area contributed by atoms with Crippen LogP contribution in [-0.2, 0) is 16.0 Å². The Bertz CT molecular complexity index is 1270. The zero-order valence-electron chi connectivity index (χ0n) is 18.7. The van der Waals surface area contributed by atoms with Crippen LogP contribution in [0.2, 0.25) is 5.02 Å². The third kappa shape index (κ3) is 4.41. The fourth-order valence-corrected chi connectivity index (χ4v) is 4.09. The van der Waals surface area contributed by atoms with Gasteiger partial charge in [-0.05, 0) is 63.4 Å². The molecule has 0 N–H and O–H groups in total. The summed E-state index contributed by atoms with van der Waals surface area (Å²) in [7, 11) is 0. The largest absolute Gasteiger partial charge is 0.466 e. The van der Waals surface area contributed by atoms with Crippen molar-refractivity contribution in [1.82, 2.24) is 14.7 Å². The Morgan fingerprint density at radius 1 is 1.22 bits per heavy atom. The molecule has 6 nitrogen and oxygen atoms in total. The molecule has 0 aliphatic carbocycles. The maximum atomic E-state index is 11.6. The van der Waals surface area contributed by atoms with Gasteiger partial charge in [-0.2, -0.15) is 4.98 Å². The lowest BCUT2D eigenvalue weighted by Crippen LogP contribution is -2.05. The van der Waals surface area contributed by atoms with E-state index in [1.54, 1.807) is 0 Å². The number of benzene rings is 2. The average Bonchev–Trinajstić information content (AvgIpc) is 3.37. The van der Waals surface area contributed by atoms with Crippen LogP contribution in [0.25, 0.3) is 33.7 Å². The molecule has 0 saturated carbocycles. The Labute approximate surface area is 192 Å². The van der Waals surface area contributed by atoms with Gasteiger partial charge < -0.3 is 13.8 Å². The zero-order chi connectivity index (χ0) is 22.8. The minimum absolute atomic E-state index is 0.183. The van der Waals surface area contributed by atoms with E-state index in [2.05, 4.69) is 28.6 Å². The molecule has 0 unspecified atom stereocenters. The Morgan fingerprint density at radius 2 is 2.03 bits per heavy atom. The maximum Gasteiger partial charge on any atom is 0.306 e. The number of esters is 1. The van der Waals surface area contributed by atoms with E-state index in [9.17, 15) is 4.79 Å². The Kier molecular flexibility index (Phi) is 6.33. The van der Waals surface area contributed by atoms with Crippen LogP contribution in [0, 0.1) is 6.92 Å². The molecule has 166 valence electrons. The third-order valence-electron chi connectivity index (χ3n) is 5.47. The van der Waals surface area contributed by atoms with Crippen LogP contribution in [0.5, 0.6) is 0 Å². The number of fused-ring (bicyclic) bond motifs is 1. The number of rotatable bonds is 7. The molecule has 0 aliphatic heterocycles. The molecule has 32 heavy (non-hydrogen) atoms. The lowest BCUT2D eigenvalue weighted by molar-refractivity contribution is -0.143. The molecule has 4 aromatic rings. The molecule has 0 bridgehead atoms. The van der Waals surface area contributed by atoms with E-state index in [1.165, 1.54) is 0 Å². The van der Waals surface area contributed by atoms with Crippen LogP contribution in [0.15, 0.2) is 47.1 Å². The normalized spacial score (nSPS) is 11.4. The van der Waals surface area contributed by atoms with Gasteiger partial charge in [0.2, 0.25) is 5.82 Å². The molecule has 0 aliphatic rings. The van der Waals surface area contributed by atoms with Crippen molar-refractivity contribution in [3.05, 3.63) is 58.7 Å². The van der Waals surface area contributed by atoms with E-state index >= 15 is 0 Å². The topological polar surface area (TPSA) is 70.2 Å². The highest BCUT2D eigenvalue weighted by atomic mass is 35.5. The van der Waals surface area contributed by atoms with Crippen LogP contribution in [0.1, 0.15) is 44.4 Å². The minimum Gasteiger partial charge on any atom is -0.466 e. The number of hydrogen-bond donors (Lipinski definition) is 0. The van der Waals surface area contributed by atoms with Crippen molar-refractivity contribution >= 4 is 28.5 Å². The maximum absolute atomic E-state index is 11.6. The van der Waals surface area contributed by atoms with Crippen molar-refractivity contribution in [1.29, 1.82) is 0 Å². The summed E-state index contributed by atoms with van der Waals surface area (Å²) in [5, 5.41) is 5.85. The first-order valence-electron chi connectivity index (χ1n) is 10.8. The molecule has 7 heteroatoms. The fraction of sp³-hybridized carbons (Fsp3) is 0.320. The SMILES string of the molecule is CCOC(=O)CCc1ccc(-c2noc(-c3ccc4c(c3)c(Cl)cn4C(C)C)n2)c(C)c1. The molecule has 0 radical (unpaired) electrons. The summed E-state index contributed by atoms with van der Waals surface area (Å²) in [5.74, 6) is 0.791. The summed E-state index contributed by atoms with van der Waals surface area (Å²) in [5.41, 5.74) is 4.88. The monoisotopic (exact) mass is 451 g/mol. The van der Waals surface area contributed by atoms with Gasteiger partial charge in [-0.15, -0.1) is 0 Å². The number of aromatic nitrogens is 3. The van der Waals surface area contributed by atoms with Gasteiger partial charge in [0.1, 0.15) is 0 Å². The molecule has 2 heterocycles. The Balaban J connectivity index is 1.57. The van der Waals surface area contributed by atoms with Gasteiger partial charge in [-0.3, -0.25) is 4.79 Å². The van der Waals surface area contributed by atoms with Crippen molar-refractivity contribution in [2.24, 2.45) is 0 Å². The smallest absolute Gasteiger partial charge is 0.306 e. The van der Waals surface area contributed by atoms with E-state index in [-0.39, 0.29) is 5.97 Å². The molecule has 4 rings (SSSR count). The van der Waals surface area contributed by atoms with Crippen molar-refractivity contribution < 1.29 is 14.1 Å². The van der Waals surface area contributed by atoms with Gasteiger partial charge in [0, 0.05) is 40.7 Å². The first kappa shape index (κ1) is 22.1. The molecule has 0 saturated heterocycles. The summed E-state index contributed by atoms with van der Waals surface area (Å²) >= 11 is 6.46. The second-order valence-corrected chi connectivity index (χ2v) is 8.49. The van der Waals surface area contributed by atoms with Crippen molar-refractivity contribution in [3.8, 4) is 22.8 Å². The number of hydrogen-bond acceptors (Lipinski definition) is 5. The lowest BCUT2D eigenvalue weighted by atomic mass is 10.0. The summed E-state index contributed by atoms with van der Waals surface area (Å²) < 4.78 is 12.7. The number of nitrogens with zero attached hydrogens (tertiary/aromatic N) is 3. The van der Waals surface area contributed by atoms with Crippen LogP contribution >= 0.6 is 11.6 Å². The van der Waals surface area contributed by atoms with Gasteiger partial charge in [0.05, 0.1) is 11.6 Å². The van der Waals surface area contributed by atoms with E-state index in [0.717, 1.165) is 33.2 Å². The highest BCUT2D eigenvalue weighted by Crippen LogP contribution is 2.33. The molecular weight excluding hydrogens is 426 g/mol. The van der Waals surface area contributed by atoms with Gasteiger partial charge in [0.15, 0.2) is 0 Å². The second-order valence-electron chi connectivity index (χ2n) is 8.09. The highest BCUT2D eigenvalue weighted by molar-refractivity contribution is 6.35. The number of ether oxygens (including phenoxy) is 1. The summed E-state index contributed by atoms with van der Waals surface area (Å²) in [6.45, 7) is 8.46. The van der Waals surface area contributed by atoms with E-state index in [0.29, 0.717) is 42.2 Å². The van der Waals surface area contributed by atoms with Crippen LogP contribution in [0.4, 0.5) is 0 Å². The summed E-state index contributed by atoms with van der Waals surface area (Å²) in [6.07, 6.45) is 2.95. The van der Waals surface area contributed by atoms with Crippen LogP contribution in [-0.4, -0.2) is 27.3 Å². The van der Waals surface area contributed by atoms with Crippen molar-refractivity contribution in [3.63, 3.8) is 0 Å². The summed E-state index contributed by atoms with van der Waals surface area (Å²) in [6, 6.07) is 12.3. The number of aryl methyl sites for hydroxylation is 2. The average molecular weight is 452 g/mol. The molecule has 0 fully saturated rings. The fourth-order valence-electron chi connectivity index (χ4n) is 3.84. The van der Waals surface area contributed by atoms with Gasteiger partial charge in [0.25, 0.3) is 5.89 Å². The molecule has 0 atom stereocenters. The highest BCUT2D eigenvalue weighted by Gasteiger charge is 2.16. The number of halogens is 1. The van der Waals surface area contributed by atoms with E-state index in [4.69, 9.17) is 20.9 Å². The Morgan fingerprint density at radius 3 is 2.75 bits per heavy atom. The second kappa shape index (κ2) is 9.17. The predicted molar refractivity (Wildman–Crippen MR) is 126 cm³/mol. The number of carbonyl (C=O) groups is 1. The van der Waals surface area contributed by atoms with Gasteiger partial charge >= 0.3 is 5.97 Å². The quantitative estimate of drug-likeness (QED) is 0.304. The first-order chi connectivity index (χ1) is 15.4. The standard InChI is InChI=1S/C25H26ClN3O3/c1-5-31-23(30)11-7-17-6-9-19(16(4)12-17)24-27-25(32-28-24)18-8-10-22-20(13-18)21(26)14-29(22)15(2)3/h6,8-10,12-15H,5,7,11H2,1-4H3. The molecule has 2 aromatic carbocycles. The predicted octanol–water partition coefficient (Wildman–Crippen LogP) is 6.40. The zero-order valence-corrected chi connectivity index (χ0v) is 19.4. The van der Waals surface area contributed by atoms with Gasteiger partial charge in [-0.1, -0.05) is 35.0 Å². The first-order valence-corrected chi connectivity index (χ1v) is 11.1. The van der Waals surface area contributed by atoms with Crippen LogP contribution in [0.3, 0.4) is 0 Å². The van der Waals surface area contributed by atoms with E-state index in [1.807, 2.05) is 56.4 Å². The Hall–Kier alpha value is -3.12. The molecule has 0 spiro atoms. The molecule has 2 aromatic heterocycles. The van der Waals surface area contributed by atoms with Crippen molar-refractivity contribution in [2.75, 3.05) is 6.61 Å². The van der Waals surface area contributed by atoms with E-state index < -0.39 is 0 Å².